The number of benzene rings is 8. The summed E-state index contributed by atoms with van der Waals surface area (Å²) in [4.78, 5) is 17.5. The van der Waals surface area contributed by atoms with E-state index in [0.717, 1.165) is 83.1 Å². The molecule has 3 heterocycles. The number of fused-ring (bicyclic) bond motifs is 6. The van der Waals surface area contributed by atoms with Crippen LogP contribution in [0.2, 0.25) is 0 Å². The van der Waals surface area contributed by atoms with Crippen LogP contribution in [0.4, 0.5) is 17.1 Å². The number of hydrogen-bond donors (Lipinski definition) is 0. The Hall–Kier alpha value is -7.83. The number of hydrogen-bond acceptors (Lipinski definition) is 5. The predicted molar refractivity (Wildman–Crippen MR) is 232 cm³/mol. The molecule has 3 aromatic heterocycles. The third-order valence-electron chi connectivity index (χ3n) is 10.7. The molecule has 6 nitrogen and oxygen atoms in total. The lowest BCUT2D eigenvalue weighted by Crippen LogP contribution is -2.10. The van der Waals surface area contributed by atoms with Crippen molar-refractivity contribution in [2.45, 2.75) is 0 Å². The summed E-state index contributed by atoms with van der Waals surface area (Å²) in [5.41, 5.74) is 11.1. The molecule has 0 bridgehead atoms. The smallest absolute Gasteiger partial charge is 0.238 e. The van der Waals surface area contributed by atoms with Crippen molar-refractivity contribution in [1.29, 1.82) is 0 Å². The fourth-order valence-electron chi connectivity index (χ4n) is 8.11. The lowest BCUT2D eigenvalue weighted by atomic mass is 9.99. The number of rotatable bonds is 7. The average molecular weight is 732 g/mol. The molecule has 11 aromatic rings. The van der Waals surface area contributed by atoms with E-state index >= 15 is 0 Å². The summed E-state index contributed by atoms with van der Waals surface area (Å²) >= 11 is 0. The molecule has 0 aliphatic carbocycles. The largest absolute Gasteiger partial charge is 0.456 e. The molecule has 6 heteroatoms. The first-order valence-corrected chi connectivity index (χ1v) is 19.0. The molecule has 0 saturated carbocycles. The standard InChI is InChI=1S/C51H33N5O/c1-4-16-35(17-5-1)49-52-50(36-18-6-2-7-19-36)54-51(53-49)56-42-25-12-10-22-40(42)47-39(24-14-26-43(47)56)34-30-32-38(33-31-34)55(37-20-8-3-9-21-37)44-27-15-29-46-48(44)41-23-11-13-28-45(41)57-46/h1-33H. The van der Waals surface area contributed by atoms with E-state index in [0.29, 0.717) is 17.6 Å². The van der Waals surface area contributed by atoms with Gasteiger partial charge >= 0.3 is 0 Å². The highest BCUT2D eigenvalue weighted by Gasteiger charge is 2.22. The highest BCUT2D eigenvalue weighted by molar-refractivity contribution is 6.16. The zero-order valence-corrected chi connectivity index (χ0v) is 30.7. The highest BCUT2D eigenvalue weighted by Crippen LogP contribution is 2.44. The number of para-hydroxylation sites is 3. The molecule has 0 unspecified atom stereocenters. The van der Waals surface area contributed by atoms with Crippen molar-refractivity contribution >= 4 is 60.8 Å². The molecule has 0 fully saturated rings. The molecular formula is C51H33N5O. The molecule has 0 saturated heterocycles. The zero-order valence-electron chi connectivity index (χ0n) is 30.7. The summed E-state index contributed by atoms with van der Waals surface area (Å²) in [6, 6.07) is 69.2. The van der Waals surface area contributed by atoms with Gasteiger partial charge in [0.2, 0.25) is 5.95 Å². The Labute approximate surface area is 328 Å². The summed E-state index contributed by atoms with van der Waals surface area (Å²) in [6.07, 6.45) is 0. The Morgan fingerprint density at radius 3 is 1.67 bits per heavy atom. The molecule has 0 aliphatic rings. The van der Waals surface area contributed by atoms with Gasteiger partial charge in [-0.25, -0.2) is 4.98 Å². The van der Waals surface area contributed by atoms with Gasteiger partial charge in [0.1, 0.15) is 11.2 Å². The summed E-state index contributed by atoms with van der Waals surface area (Å²) in [5, 5.41) is 4.44. The van der Waals surface area contributed by atoms with Crippen LogP contribution in [-0.2, 0) is 0 Å². The van der Waals surface area contributed by atoms with Crippen LogP contribution >= 0.6 is 0 Å². The molecule has 268 valence electrons. The van der Waals surface area contributed by atoms with Gasteiger partial charge in [-0.3, -0.25) is 4.57 Å². The molecule has 0 aliphatic heterocycles. The van der Waals surface area contributed by atoms with Gasteiger partial charge in [0, 0.05) is 38.7 Å². The van der Waals surface area contributed by atoms with E-state index in [-0.39, 0.29) is 0 Å². The summed E-state index contributed by atoms with van der Waals surface area (Å²) in [6.45, 7) is 0. The quantitative estimate of drug-likeness (QED) is 0.163. The maximum absolute atomic E-state index is 6.32. The van der Waals surface area contributed by atoms with Crippen LogP contribution < -0.4 is 4.90 Å². The molecule has 0 atom stereocenters. The van der Waals surface area contributed by atoms with E-state index in [1.165, 1.54) is 0 Å². The van der Waals surface area contributed by atoms with Crippen LogP contribution in [0.1, 0.15) is 0 Å². The third-order valence-corrected chi connectivity index (χ3v) is 10.7. The minimum absolute atomic E-state index is 0.570. The Morgan fingerprint density at radius 2 is 0.947 bits per heavy atom. The van der Waals surface area contributed by atoms with Crippen LogP contribution in [0.25, 0.3) is 83.6 Å². The highest BCUT2D eigenvalue weighted by atomic mass is 16.3. The van der Waals surface area contributed by atoms with E-state index in [9.17, 15) is 0 Å². The van der Waals surface area contributed by atoms with Crippen LogP contribution in [-0.4, -0.2) is 19.5 Å². The summed E-state index contributed by atoms with van der Waals surface area (Å²) in [7, 11) is 0. The fraction of sp³-hybridized carbons (Fsp3) is 0. The third kappa shape index (κ3) is 5.54. The number of aromatic nitrogens is 4. The van der Waals surface area contributed by atoms with Gasteiger partial charge in [0.25, 0.3) is 0 Å². The normalized spacial score (nSPS) is 11.5. The van der Waals surface area contributed by atoms with Gasteiger partial charge in [0.05, 0.1) is 22.1 Å². The molecule has 8 aromatic carbocycles. The first-order valence-electron chi connectivity index (χ1n) is 19.0. The lowest BCUT2D eigenvalue weighted by Gasteiger charge is -2.26. The molecular weight excluding hydrogens is 699 g/mol. The van der Waals surface area contributed by atoms with Gasteiger partial charge in [-0.1, -0.05) is 146 Å². The Morgan fingerprint density at radius 1 is 0.386 bits per heavy atom. The second-order valence-corrected chi connectivity index (χ2v) is 14.0. The first-order chi connectivity index (χ1) is 28.3. The topological polar surface area (TPSA) is 60.0 Å². The Kier molecular flexibility index (Phi) is 7.71. The minimum Gasteiger partial charge on any atom is -0.456 e. The van der Waals surface area contributed by atoms with E-state index in [1.54, 1.807) is 0 Å². The Bertz CT molecular complexity index is 3170. The van der Waals surface area contributed by atoms with Crippen LogP contribution in [0, 0.1) is 0 Å². The van der Waals surface area contributed by atoms with E-state index in [2.05, 4.69) is 131 Å². The lowest BCUT2D eigenvalue weighted by molar-refractivity contribution is 0.669. The second kappa shape index (κ2) is 13.5. The van der Waals surface area contributed by atoms with Crippen molar-refractivity contribution < 1.29 is 4.42 Å². The molecule has 0 radical (unpaired) electrons. The molecule has 0 amide bonds. The average Bonchev–Trinajstić information content (AvgIpc) is 3.84. The van der Waals surface area contributed by atoms with E-state index in [4.69, 9.17) is 19.4 Å². The Balaban J connectivity index is 1.08. The zero-order chi connectivity index (χ0) is 37.7. The van der Waals surface area contributed by atoms with E-state index in [1.807, 2.05) is 78.9 Å². The van der Waals surface area contributed by atoms with E-state index < -0.39 is 0 Å². The maximum Gasteiger partial charge on any atom is 0.238 e. The molecule has 0 N–H and O–H groups in total. The van der Waals surface area contributed by atoms with Gasteiger partial charge < -0.3 is 9.32 Å². The van der Waals surface area contributed by atoms with Gasteiger partial charge in [0.15, 0.2) is 11.6 Å². The van der Waals surface area contributed by atoms with Crippen molar-refractivity contribution in [3.63, 3.8) is 0 Å². The van der Waals surface area contributed by atoms with Crippen LogP contribution in [0.5, 0.6) is 0 Å². The van der Waals surface area contributed by atoms with Crippen molar-refractivity contribution in [2.75, 3.05) is 4.90 Å². The van der Waals surface area contributed by atoms with Crippen molar-refractivity contribution in [3.05, 3.63) is 200 Å². The van der Waals surface area contributed by atoms with Crippen LogP contribution in [0.3, 0.4) is 0 Å². The van der Waals surface area contributed by atoms with Crippen LogP contribution in [0.15, 0.2) is 205 Å². The van der Waals surface area contributed by atoms with Crippen molar-refractivity contribution in [2.24, 2.45) is 0 Å². The molecule has 0 spiro atoms. The van der Waals surface area contributed by atoms with Gasteiger partial charge in [-0.15, -0.1) is 0 Å². The molecule has 11 rings (SSSR count). The predicted octanol–water partition coefficient (Wildman–Crippen LogP) is 13.3. The van der Waals surface area contributed by atoms with Crippen molar-refractivity contribution in [1.82, 2.24) is 19.5 Å². The minimum atomic E-state index is 0.570. The van der Waals surface area contributed by atoms with Gasteiger partial charge in [-0.05, 0) is 65.7 Å². The maximum atomic E-state index is 6.32. The number of anilines is 3. The van der Waals surface area contributed by atoms with Crippen molar-refractivity contribution in [3.8, 4) is 39.9 Å². The fourth-order valence-corrected chi connectivity index (χ4v) is 8.11. The SMILES string of the molecule is c1ccc(-c2nc(-c3ccccc3)nc(-n3c4ccccc4c4c(-c5ccc(N(c6ccccc6)c6cccc7oc8ccccc8c67)cc5)cccc43)n2)cc1. The summed E-state index contributed by atoms with van der Waals surface area (Å²) < 4.78 is 8.50. The second-order valence-electron chi connectivity index (χ2n) is 14.0. The monoisotopic (exact) mass is 731 g/mol. The first kappa shape index (κ1) is 32.6. The number of nitrogens with zero attached hydrogens (tertiary/aromatic N) is 5. The van der Waals surface area contributed by atoms with Gasteiger partial charge in [-0.2, -0.15) is 9.97 Å². The number of furan rings is 1. The molecule has 57 heavy (non-hydrogen) atoms. The summed E-state index contributed by atoms with van der Waals surface area (Å²) in [5.74, 6) is 1.82.